The molecule has 1 fully saturated rings. The van der Waals surface area contributed by atoms with Crippen molar-refractivity contribution in [1.82, 2.24) is 14.9 Å². The van der Waals surface area contributed by atoms with Gasteiger partial charge >= 0.3 is 0 Å². The highest BCUT2D eigenvalue weighted by molar-refractivity contribution is 9.10. The van der Waals surface area contributed by atoms with Crippen LogP contribution < -0.4 is 5.32 Å². The van der Waals surface area contributed by atoms with E-state index >= 15 is 0 Å². The number of imide groups is 1. The standard InChI is InChI=1S/C16H12BrN3O2/c17-9-3-4-10-11-2-1-7-18-15(11)20(13(10)8-9)12-5-6-14(21)19-16(12)22/h1-4,7-8,12H,5-6H2,(H,19,21,22). The van der Waals surface area contributed by atoms with Crippen molar-refractivity contribution in [3.8, 4) is 0 Å². The highest BCUT2D eigenvalue weighted by Crippen LogP contribution is 2.34. The molecule has 22 heavy (non-hydrogen) atoms. The Bertz CT molecular complexity index is 932. The molecule has 1 aliphatic heterocycles. The Balaban J connectivity index is 2.04. The van der Waals surface area contributed by atoms with Gasteiger partial charge in [-0.05, 0) is 30.7 Å². The number of carbonyl (C=O) groups is 2. The van der Waals surface area contributed by atoms with Gasteiger partial charge in [0.15, 0.2) is 0 Å². The number of hydrogen-bond acceptors (Lipinski definition) is 3. The number of amides is 2. The van der Waals surface area contributed by atoms with Crippen LogP contribution in [0.25, 0.3) is 21.9 Å². The summed E-state index contributed by atoms with van der Waals surface area (Å²) in [4.78, 5) is 28.1. The molecule has 0 aliphatic carbocycles. The number of carbonyl (C=O) groups excluding carboxylic acids is 2. The second-order valence-corrected chi connectivity index (χ2v) is 6.29. The van der Waals surface area contributed by atoms with Gasteiger partial charge in [0.05, 0.1) is 5.52 Å². The van der Waals surface area contributed by atoms with E-state index in [4.69, 9.17) is 0 Å². The van der Waals surface area contributed by atoms with Crippen molar-refractivity contribution in [1.29, 1.82) is 0 Å². The maximum Gasteiger partial charge on any atom is 0.249 e. The van der Waals surface area contributed by atoms with E-state index in [1.165, 1.54) is 0 Å². The summed E-state index contributed by atoms with van der Waals surface area (Å²) in [6.07, 6.45) is 2.56. The van der Waals surface area contributed by atoms with E-state index in [-0.39, 0.29) is 11.8 Å². The van der Waals surface area contributed by atoms with Crippen LogP contribution in [0.1, 0.15) is 18.9 Å². The molecule has 2 amide bonds. The van der Waals surface area contributed by atoms with Crippen LogP contribution in [0.3, 0.4) is 0 Å². The van der Waals surface area contributed by atoms with Crippen molar-refractivity contribution < 1.29 is 9.59 Å². The van der Waals surface area contributed by atoms with E-state index in [9.17, 15) is 9.59 Å². The quantitative estimate of drug-likeness (QED) is 0.681. The summed E-state index contributed by atoms with van der Waals surface area (Å²) in [5, 5.41) is 4.48. The zero-order chi connectivity index (χ0) is 15.3. The second-order valence-electron chi connectivity index (χ2n) is 5.37. The Labute approximate surface area is 134 Å². The van der Waals surface area contributed by atoms with Gasteiger partial charge in [-0.1, -0.05) is 22.0 Å². The minimum Gasteiger partial charge on any atom is -0.313 e. The van der Waals surface area contributed by atoms with Crippen molar-refractivity contribution >= 4 is 49.7 Å². The predicted molar refractivity (Wildman–Crippen MR) is 86.4 cm³/mol. The van der Waals surface area contributed by atoms with E-state index in [1.54, 1.807) is 6.20 Å². The number of fused-ring (bicyclic) bond motifs is 3. The lowest BCUT2D eigenvalue weighted by Gasteiger charge is -2.23. The smallest absolute Gasteiger partial charge is 0.249 e. The molecule has 0 saturated carbocycles. The Kier molecular flexibility index (Phi) is 3.00. The van der Waals surface area contributed by atoms with Gasteiger partial charge in [0.25, 0.3) is 0 Å². The van der Waals surface area contributed by atoms with Crippen LogP contribution in [0, 0.1) is 0 Å². The molecule has 6 heteroatoms. The molecule has 3 heterocycles. The summed E-state index contributed by atoms with van der Waals surface area (Å²) < 4.78 is 2.88. The molecule has 110 valence electrons. The highest BCUT2D eigenvalue weighted by Gasteiger charge is 2.30. The highest BCUT2D eigenvalue weighted by atomic mass is 79.9. The third-order valence-corrected chi connectivity index (χ3v) is 4.54. The minimum atomic E-state index is -0.415. The van der Waals surface area contributed by atoms with Gasteiger partial charge in [0, 0.05) is 27.9 Å². The normalized spacial score (nSPS) is 18.9. The third-order valence-electron chi connectivity index (χ3n) is 4.05. The van der Waals surface area contributed by atoms with Crippen molar-refractivity contribution in [2.45, 2.75) is 18.9 Å². The summed E-state index contributed by atoms with van der Waals surface area (Å²) in [6, 6.07) is 9.46. The van der Waals surface area contributed by atoms with Gasteiger partial charge in [-0.2, -0.15) is 0 Å². The van der Waals surface area contributed by atoms with Crippen LogP contribution in [-0.4, -0.2) is 21.4 Å². The average molecular weight is 358 g/mol. The lowest BCUT2D eigenvalue weighted by Crippen LogP contribution is -2.41. The lowest BCUT2D eigenvalue weighted by atomic mass is 10.1. The van der Waals surface area contributed by atoms with E-state index < -0.39 is 6.04 Å². The third kappa shape index (κ3) is 1.94. The first kappa shape index (κ1) is 13.5. The van der Waals surface area contributed by atoms with Gasteiger partial charge < -0.3 is 4.57 Å². The Morgan fingerprint density at radius 3 is 2.91 bits per heavy atom. The first-order valence-corrected chi connectivity index (χ1v) is 7.82. The maximum atomic E-state index is 12.3. The molecule has 1 atom stereocenters. The van der Waals surface area contributed by atoms with E-state index in [0.29, 0.717) is 12.8 Å². The maximum absolute atomic E-state index is 12.3. The van der Waals surface area contributed by atoms with Gasteiger partial charge in [0.2, 0.25) is 11.8 Å². The number of nitrogens with one attached hydrogen (secondary N) is 1. The molecule has 1 aromatic carbocycles. The van der Waals surface area contributed by atoms with Gasteiger partial charge in [-0.3, -0.25) is 14.9 Å². The first-order chi connectivity index (χ1) is 10.6. The fourth-order valence-corrected chi connectivity index (χ4v) is 3.44. The molecular weight excluding hydrogens is 346 g/mol. The molecule has 3 aromatic rings. The fraction of sp³-hybridized carbons (Fsp3) is 0.188. The summed E-state index contributed by atoms with van der Waals surface area (Å²) in [6.45, 7) is 0. The number of hydrogen-bond donors (Lipinski definition) is 1. The van der Waals surface area contributed by atoms with Crippen LogP contribution in [0.2, 0.25) is 0 Å². The molecule has 1 unspecified atom stereocenters. The number of pyridine rings is 1. The molecule has 5 nitrogen and oxygen atoms in total. The van der Waals surface area contributed by atoms with Crippen LogP contribution >= 0.6 is 15.9 Å². The minimum absolute atomic E-state index is 0.212. The number of halogens is 1. The van der Waals surface area contributed by atoms with Crippen LogP contribution in [0.15, 0.2) is 41.0 Å². The SMILES string of the molecule is O=C1CCC(n2c3cc(Br)ccc3c3cccnc32)C(=O)N1. The van der Waals surface area contributed by atoms with Crippen LogP contribution in [0.4, 0.5) is 0 Å². The largest absolute Gasteiger partial charge is 0.313 e. The number of nitrogens with zero attached hydrogens (tertiary/aromatic N) is 2. The van der Waals surface area contributed by atoms with Crippen molar-refractivity contribution in [3.63, 3.8) is 0 Å². The van der Waals surface area contributed by atoms with Crippen molar-refractivity contribution in [2.24, 2.45) is 0 Å². The van der Waals surface area contributed by atoms with E-state index in [0.717, 1.165) is 26.4 Å². The monoisotopic (exact) mass is 357 g/mol. The first-order valence-electron chi connectivity index (χ1n) is 7.03. The fourth-order valence-electron chi connectivity index (χ4n) is 3.09. The molecule has 1 saturated heterocycles. The molecule has 0 radical (unpaired) electrons. The molecule has 1 N–H and O–H groups in total. The number of aromatic nitrogens is 2. The zero-order valence-electron chi connectivity index (χ0n) is 11.5. The molecule has 2 aromatic heterocycles. The Morgan fingerprint density at radius 2 is 2.09 bits per heavy atom. The van der Waals surface area contributed by atoms with E-state index in [1.807, 2.05) is 34.9 Å². The van der Waals surface area contributed by atoms with Crippen molar-refractivity contribution in [2.75, 3.05) is 0 Å². The van der Waals surface area contributed by atoms with Crippen LogP contribution in [-0.2, 0) is 9.59 Å². The lowest BCUT2D eigenvalue weighted by molar-refractivity contribution is -0.135. The average Bonchev–Trinajstić information content (AvgIpc) is 2.81. The second kappa shape index (κ2) is 4.91. The number of benzene rings is 1. The molecule has 0 bridgehead atoms. The van der Waals surface area contributed by atoms with Gasteiger partial charge in [0.1, 0.15) is 11.7 Å². The van der Waals surface area contributed by atoms with Crippen LogP contribution in [0.5, 0.6) is 0 Å². The molecule has 1 aliphatic rings. The predicted octanol–water partition coefficient (Wildman–Crippen LogP) is 2.93. The Morgan fingerprint density at radius 1 is 1.23 bits per heavy atom. The molecule has 4 rings (SSSR count). The van der Waals surface area contributed by atoms with Gasteiger partial charge in [-0.25, -0.2) is 4.98 Å². The molecular formula is C16H12BrN3O2. The summed E-state index contributed by atoms with van der Waals surface area (Å²) >= 11 is 3.48. The summed E-state index contributed by atoms with van der Waals surface area (Å²) in [7, 11) is 0. The van der Waals surface area contributed by atoms with Crippen molar-refractivity contribution in [3.05, 3.63) is 41.0 Å². The van der Waals surface area contributed by atoms with Gasteiger partial charge in [-0.15, -0.1) is 0 Å². The number of piperidine rings is 1. The van der Waals surface area contributed by atoms with E-state index in [2.05, 4.69) is 26.2 Å². The molecule has 0 spiro atoms. The summed E-state index contributed by atoms with van der Waals surface area (Å²) in [5.41, 5.74) is 1.71. The topological polar surface area (TPSA) is 64.0 Å². The summed E-state index contributed by atoms with van der Waals surface area (Å²) in [5.74, 6) is -0.475. The zero-order valence-corrected chi connectivity index (χ0v) is 13.1. The number of rotatable bonds is 1. The Hall–Kier alpha value is -2.21.